The predicted molar refractivity (Wildman–Crippen MR) is 82.7 cm³/mol. The number of benzene rings is 1. The molecule has 5 nitrogen and oxygen atoms in total. The summed E-state index contributed by atoms with van der Waals surface area (Å²) in [6.07, 6.45) is 2.65. The van der Waals surface area contributed by atoms with E-state index in [1.54, 1.807) is 0 Å². The third-order valence-electron chi connectivity index (χ3n) is 4.28. The Labute approximate surface area is 129 Å². The van der Waals surface area contributed by atoms with E-state index in [1.165, 1.54) is 11.6 Å². The smallest absolute Gasteiger partial charge is 0.275 e. The molecule has 0 saturated heterocycles. The van der Waals surface area contributed by atoms with Gasteiger partial charge < -0.3 is 4.90 Å². The largest absolute Gasteiger partial charge is 0.328 e. The van der Waals surface area contributed by atoms with E-state index >= 15 is 0 Å². The van der Waals surface area contributed by atoms with Crippen molar-refractivity contribution in [3.8, 4) is 0 Å². The number of hydrogen-bond donors (Lipinski definition) is 1. The van der Waals surface area contributed by atoms with Gasteiger partial charge in [0, 0.05) is 12.1 Å². The van der Waals surface area contributed by atoms with E-state index in [1.807, 2.05) is 36.1 Å². The lowest BCUT2D eigenvalue weighted by Gasteiger charge is -2.29. The van der Waals surface area contributed by atoms with Crippen LogP contribution in [-0.4, -0.2) is 32.8 Å². The minimum absolute atomic E-state index is 0.109. The zero-order valence-corrected chi connectivity index (χ0v) is 12.8. The number of carbonyl (C=O) groups excluding carboxylic acids is 2. The predicted octanol–water partition coefficient (Wildman–Crippen LogP) is 2.73. The molecule has 0 unspecified atom stereocenters. The average Bonchev–Trinajstić information content (AvgIpc) is 3.08. The van der Waals surface area contributed by atoms with E-state index in [0.717, 1.165) is 18.4 Å². The molecular weight excluding hydrogens is 278 g/mol. The fourth-order valence-corrected chi connectivity index (χ4v) is 2.48. The van der Waals surface area contributed by atoms with Crippen molar-refractivity contribution in [2.75, 3.05) is 0 Å². The number of carbonyl (C=O) groups is 2. The van der Waals surface area contributed by atoms with Crippen LogP contribution in [0.15, 0.2) is 30.3 Å². The summed E-state index contributed by atoms with van der Waals surface area (Å²) in [6.45, 7) is 4.69. The molecule has 0 atom stereocenters. The molecule has 0 spiro atoms. The summed E-state index contributed by atoms with van der Waals surface area (Å²) in [6, 6.07) is 9.69. The van der Waals surface area contributed by atoms with E-state index in [0.29, 0.717) is 24.2 Å². The monoisotopic (exact) mass is 297 g/mol. The first-order chi connectivity index (χ1) is 10.5. The fourth-order valence-electron chi connectivity index (χ4n) is 2.48. The van der Waals surface area contributed by atoms with Crippen LogP contribution in [0, 0.1) is 6.92 Å². The number of nitrogens with zero attached hydrogens (tertiary/aromatic N) is 2. The molecule has 2 aromatic rings. The van der Waals surface area contributed by atoms with Crippen molar-refractivity contribution in [3.63, 3.8) is 0 Å². The second-order valence-corrected chi connectivity index (χ2v) is 6.20. The summed E-state index contributed by atoms with van der Waals surface area (Å²) < 4.78 is 0. The Morgan fingerprint density at radius 3 is 2.59 bits per heavy atom. The Hall–Kier alpha value is -2.43. The quantitative estimate of drug-likeness (QED) is 0.863. The molecule has 0 aliphatic heterocycles. The number of amides is 1. The molecule has 1 N–H and O–H groups in total. The van der Waals surface area contributed by atoms with Gasteiger partial charge in [-0.25, -0.2) is 0 Å². The second kappa shape index (κ2) is 5.40. The summed E-state index contributed by atoms with van der Waals surface area (Å²) >= 11 is 0. The maximum Gasteiger partial charge on any atom is 0.275 e. The number of rotatable bonds is 5. The van der Waals surface area contributed by atoms with Gasteiger partial charge in [-0.05, 0) is 38.3 Å². The molecule has 1 saturated carbocycles. The van der Waals surface area contributed by atoms with Crippen molar-refractivity contribution in [2.24, 2.45) is 0 Å². The van der Waals surface area contributed by atoms with Crippen molar-refractivity contribution >= 4 is 12.2 Å². The van der Waals surface area contributed by atoms with Crippen molar-refractivity contribution in [1.29, 1.82) is 0 Å². The Kier molecular flexibility index (Phi) is 3.56. The molecule has 0 bridgehead atoms. The van der Waals surface area contributed by atoms with Crippen LogP contribution < -0.4 is 0 Å². The third kappa shape index (κ3) is 2.79. The van der Waals surface area contributed by atoms with Crippen LogP contribution in [0.1, 0.15) is 51.9 Å². The van der Waals surface area contributed by atoms with Crippen LogP contribution in [0.4, 0.5) is 0 Å². The molecule has 1 fully saturated rings. The van der Waals surface area contributed by atoms with Gasteiger partial charge in [-0.1, -0.05) is 29.8 Å². The van der Waals surface area contributed by atoms with Gasteiger partial charge in [0.05, 0.1) is 5.69 Å². The van der Waals surface area contributed by atoms with Crippen molar-refractivity contribution < 1.29 is 9.59 Å². The standard InChI is InChI=1S/C17H19N3O2/c1-12-3-5-13(6-4-12)10-20(17(2)7-8-17)16(22)15-9-14(11-21)18-19-15/h3-6,9,11H,7-8,10H2,1-2H3,(H,18,19). The lowest BCUT2D eigenvalue weighted by Crippen LogP contribution is -2.40. The van der Waals surface area contributed by atoms with Gasteiger partial charge in [0.25, 0.3) is 5.91 Å². The Balaban J connectivity index is 1.85. The second-order valence-electron chi connectivity index (χ2n) is 6.20. The van der Waals surface area contributed by atoms with Crippen molar-refractivity contribution in [3.05, 3.63) is 52.8 Å². The van der Waals surface area contributed by atoms with Crippen LogP contribution in [0.5, 0.6) is 0 Å². The van der Waals surface area contributed by atoms with Gasteiger partial charge in [0.1, 0.15) is 0 Å². The summed E-state index contributed by atoms with van der Waals surface area (Å²) in [5, 5.41) is 6.53. The minimum Gasteiger partial charge on any atom is -0.328 e. The van der Waals surface area contributed by atoms with Crippen molar-refractivity contribution in [1.82, 2.24) is 15.1 Å². The number of nitrogens with one attached hydrogen (secondary N) is 1. The van der Waals surface area contributed by atoms with Gasteiger partial charge in [0.2, 0.25) is 0 Å². The van der Waals surface area contributed by atoms with Gasteiger partial charge in [-0.3, -0.25) is 14.7 Å². The number of aldehydes is 1. The zero-order chi connectivity index (χ0) is 15.7. The van der Waals surface area contributed by atoms with E-state index < -0.39 is 0 Å². The molecule has 1 heterocycles. The van der Waals surface area contributed by atoms with E-state index in [2.05, 4.69) is 17.1 Å². The lowest BCUT2D eigenvalue weighted by molar-refractivity contribution is 0.0643. The fraction of sp³-hybridized carbons (Fsp3) is 0.353. The average molecular weight is 297 g/mol. The van der Waals surface area contributed by atoms with Crippen LogP contribution in [0.3, 0.4) is 0 Å². The first-order valence-electron chi connectivity index (χ1n) is 7.40. The molecule has 3 rings (SSSR count). The number of aromatic nitrogens is 2. The van der Waals surface area contributed by atoms with Crippen LogP contribution >= 0.6 is 0 Å². The Morgan fingerprint density at radius 2 is 2.05 bits per heavy atom. The highest BCUT2D eigenvalue weighted by molar-refractivity contribution is 5.94. The molecule has 5 heteroatoms. The number of hydrogen-bond acceptors (Lipinski definition) is 3. The molecule has 1 amide bonds. The molecule has 1 aromatic carbocycles. The number of aromatic amines is 1. The number of aryl methyl sites for hydroxylation is 1. The van der Waals surface area contributed by atoms with Gasteiger partial charge in [0.15, 0.2) is 12.0 Å². The molecule has 1 aliphatic carbocycles. The SMILES string of the molecule is Cc1ccc(CN(C(=O)c2cc(C=O)[nH]n2)C2(C)CC2)cc1. The van der Waals surface area contributed by atoms with Gasteiger partial charge in [-0.15, -0.1) is 0 Å². The summed E-state index contributed by atoms with van der Waals surface area (Å²) in [5.74, 6) is -0.134. The topological polar surface area (TPSA) is 66.1 Å². The third-order valence-corrected chi connectivity index (χ3v) is 4.28. The molecule has 114 valence electrons. The Morgan fingerprint density at radius 1 is 1.36 bits per heavy atom. The van der Waals surface area contributed by atoms with Gasteiger partial charge in [-0.2, -0.15) is 5.10 Å². The minimum atomic E-state index is -0.134. The maximum atomic E-state index is 12.8. The summed E-state index contributed by atoms with van der Waals surface area (Å²) in [5.41, 5.74) is 2.80. The highest BCUT2D eigenvalue weighted by Crippen LogP contribution is 2.42. The maximum absolute atomic E-state index is 12.8. The highest BCUT2D eigenvalue weighted by Gasteiger charge is 2.46. The molecule has 22 heavy (non-hydrogen) atoms. The van der Waals surface area contributed by atoms with Gasteiger partial charge >= 0.3 is 0 Å². The normalized spacial score (nSPS) is 15.4. The van der Waals surface area contributed by atoms with Crippen molar-refractivity contribution in [2.45, 2.75) is 38.8 Å². The summed E-state index contributed by atoms with van der Waals surface area (Å²) in [4.78, 5) is 25.4. The van der Waals surface area contributed by atoms with Crippen LogP contribution in [-0.2, 0) is 6.54 Å². The number of H-pyrrole nitrogens is 1. The summed E-state index contributed by atoms with van der Waals surface area (Å²) in [7, 11) is 0. The zero-order valence-electron chi connectivity index (χ0n) is 12.8. The first kappa shape index (κ1) is 14.5. The first-order valence-corrected chi connectivity index (χ1v) is 7.40. The Bertz CT molecular complexity index is 699. The van der Waals surface area contributed by atoms with E-state index in [-0.39, 0.29) is 11.4 Å². The van der Waals surface area contributed by atoms with E-state index in [4.69, 9.17) is 0 Å². The molecule has 0 radical (unpaired) electrons. The van der Waals surface area contributed by atoms with E-state index in [9.17, 15) is 9.59 Å². The lowest BCUT2D eigenvalue weighted by atomic mass is 10.1. The molecule has 1 aromatic heterocycles. The van der Waals surface area contributed by atoms with Crippen LogP contribution in [0.25, 0.3) is 0 Å². The highest BCUT2D eigenvalue weighted by atomic mass is 16.2. The van der Waals surface area contributed by atoms with Crippen LogP contribution in [0.2, 0.25) is 0 Å². The molecular formula is C17H19N3O2. The molecule has 1 aliphatic rings.